The number of rotatable bonds is 5. The highest BCUT2D eigenvalue weighted by molar-refractivity contribution is 6.30. The van der Waals surface area contributed by atoms with E-state index in [1.54, 1.807) is 0 Å². The van der Waals surface area contributed by atoms with Crippen LogP contribution in [0.4, 0.5) is 25.0 Å². The van der Waals surface area contributed by atoms with Crippen LogP contribution < -0.4 is 20.7 Å². The number of nitrogens with one attached hydrogen (secondary N) is 3. The molecule has 0 atom stereocenters. The average molecular weight is 433 g/mol. The van der Waals surface area contributed by atoms with Crippen molar-refractivity contribution in [2.75, 3.05) is 17.7 Å². The van der Waals surface area contributed by atoms with Gasteiger partial charge in [0.2, 0.25) is 0 Å². The second-order valence-electron chi connectivity index (χ2n) is 5.90. The zero-order valence-corrected chi connectivity index (χ0v) is 16.3. The Morgan fingerprint density at radius 2 is 1.67 bits per heavy atom. The maximum Gasteiger partial charge on any atom is 0.323 e. The van der Waals surface area contributed by atoms with Gasteiger partial charge >= 0.3 is 6.03 Å². The molecule has 0 aliphatic heterocycles. The molecule has 3 amide bonds. The molecule has 0 bridgehead atoms. The Morgan fingerprint density at radius 3 is 2.40 bits per heavy atom. The smallest absolute Gasteiger partial charge is 0.323 e. The van der Waals surface area contributed by atoms with Gasteiger partial charge in [-0.3, -0.25) is 9.78 Å². The molecule has 154 valence electrons. The summed E-state index contributed by atoms with van der Waals surface area (Å²) < 4.78 is 33.6. The van der Waals surface area contributed by atoms with Crippen LogP contribution in [0, 0.1) is 11.6 Å². The third kappa shape index (κ3) is 5.21. The molecule has 0 saturated carbocycles. The number of aromatic nitrogens is 1. The molecule has 0 radical (unpaired) electrons. The molecule has 2 aromatic carbocycles. The number of halogens is 3. The molecule has 0 saturated heterocycles. The molecule has 7 nitrogen and oxygen atoms in total. The summed E-state index contributed by atoms with van der Waals surface area (Å²) >= 11 is 5.77. The number of amides is 3. The lowest BCUT2D eigenvalue weighted by atomic mass is 10.2. The van der Waals surface area contributed by atoms with Gasteiger partial charge in [0.25, 0.3) is 5.91 Å². The highest BCUT2D eigenvalue weighted by Gasteiger charge is 2.12. The van der Waals surface area contributed by atoms with E-state index in [2.05, 4.69) is 20.9 Å². The lowest BCUT2D eigenvalue weighted by Crippen LogP contribution is -2.20. The van der Waals surface area contributed by atoms with Gasteiger partial charge in [0, 0.05) is 30.4 Å². The monoisotopic (exact) mass is 432 g/mol. The third-order valence-corrected chi connectivity index (χ3v) is 4.03. The number of carbonyl (C=O) groups is 2. The van der Waals surface area contributed by atoms with Crippen LogP contribution >= 0.6 is 11.6 Å². The lowest BCUT2D eigenvalue weighted by Gasteiger charge is -2.11. The number of hydrogen-bond acceptors (Lipinski definition) is 4. The summed E-state index contributed by atoms with van der Waals surface area (Å²) in [6.45, 7) is 0. The minimum Gasteiger partial charge on any atom is -0.457 e. The van der Waals surface area contributed by atoms with Crippen molar-refractivity contribution in [2.24, 2.45) is 0 Å². The molecule has 0 aliphatic rings. The standard InChI is InChI=1S/C20H15ClF2N4O3/c1-24-19(28)18-10-13(6-7-25-18)30-12-3-5-16(15(23)9-12)26-20(29)27-17-8-11(21)2-4-14(17)22/h2-10H,1H3,(H,24,28)(H2,26,27,29). The van der Waals surface area contributed by atoms with E-state index in [4.69, 9.17) is 16.3 Å². The minimum atomic E-state index is -0.854. The van der Waals surface area contributed by atoms with Crippen LogP contribution in [-0.4, -0.2) is 24.0 Å². The van der Waals surface area contributed by atoms with Crippen molar-refractivity contribution in [2.45, 2.75) is 0 Å². The van der Waals surface area contributed by atoms with Gasteiger partial charge in [-0.2, -0.15) is 0 Å². The number of benzene rings is 2. The van der Waals surface area contributed by atoms with Gasteiger partial charge in [-0.05, 0) is 36.4 Å². The van der Waals surface area contributed by atoms with Crippen molar-refractivity contribution >= 4 is 34.9 Å². The first-order chi connectivity index (χ1) is 14.4. The molecular formula is C20H15ClF2N4O3. The second-order valence-corrected chi connectivity index (χ2v) is 6.34. The number of ether oxygens (including phenoxy) is 1. The van der Waals surface area contributed by atoms with Gasteiger partial charge in [0.15, 0.2) is 0 Å². The maximum absolute atomic E-state index is 14.4. The second kappa shape index (κ2) is 9.19. The summed E-state index contributed by atoms with van der Waals surface area (Å²) in [5.41, 5.74) is -0.160. The Hall–Kier alpha value is -3.72. The van der Waals surface area contributed by atoms with Crippen LogP contribution in [0.15, 0.2) is 54.7 Å². The van der Waals surface area contributed by atoms with Crippen LogP contribution in [0.5, 0.6) is 11.5 Å². The summed E-state index contributed by atoms with van der Waals surface area (Å²) in [4.78, 5) is 27.6. The summed E-state index contributed by atoms with van der Waals surface area (Å²) in [7, 11) is 1.47. The minimum absolute atomic E-state index is 0.133. The molecule has 0 unspecified atom stereocenters. The fraction of sp³-hybridized carbons (Fsp3) is 0.0500. The van der Waals surface area contributed by atoms with Gasteiger partial charge in [-0.1, -0.05) is 11.6 Å². The van der Waals surface area contributed by atoms with Crippen LogP contribution in [0.3, 0.4) is 0 Å². The van der Waals surface area contributed by atoms with Crippen molar-refractivity contribution in [1.29, 1.82) is 0 Å². The number of urea groups is 1. The number of pyridine rings is 1. The molecule has 30 heavy (non-hydrogen) atoms. The van der Waals surface area contributed by atoms with E-state index in [9.17, 15) is 18.4 Å². The van der Waals surface area contributed by atoms with E-state index in [0.717, 1.165) is 12.1 Å². The zero-order valence-electron chi connectivity index (χ0n) is 15.5. The lowest BCUT2D eigenvalue weighted by molar-refractivity contribution is 0.0958. The Labute approximate surface area is 175 Å². The largest absolute Gasteiger partial charge is 0.457 e. The molecule has 10 heteroatoms. The molecule has 3 aromatic rings. The molecule has 0 aliphatic carbocycles. The van der Waals surface area contributed by atoms with Gasteiger partial charge in [0.05, 0.1) is 11.4 Å². The van der Waals surface area contributed by atoms with Crippen LogP contribution in [0.1, 0.15) is 10.5 Å². The summed E-state index contributed by atoms with van der Waals surface area (Å²) in [5.74, 6) is -1.46. The van der Waals surface area contributed by atoms with Crippen LogP contribution in [-0.2, 0) is 0 Å². The first-order valence-electron chi connectivity index (χ1n) is 8.54. The third-order valence-electron chi connectivity index (χ3n) is 3.79. The highest BCUT2D eigenvalue weighted by atomic mass is 35.5. The van der Waals surface area contributed by atoms with Gasteiger partial charge in [-0.15, -0.1) is 0 Å². The number of anilines is 2. The highest BCUT2D eigenvalue weighted by Crippen LogP contribution is 2.26. The molecule has 1 aromatic heterocycles. The summed E-state index contributed by atoms with van der Waals surface area (Å²) in [6.07, 6.45) is 1.38. The Balaban J connectivity index is 1.69. The fourth-order valence-corrected chi connectivity index (χ4v) is 2.56. The fourth-order valence-electron chi connectivity index (χ4n) is 2.39. The predicted molar refractivity (Wildman–Crippen MR) is 108 cm³/mol. The van der Waals surface area contributed by atoms with E-state index in [0.29, 0.717) is 0 Å². The average Bonchev–Trinajstić information content (AvgIpc) is 2.72. The van der Waals surface area contributed by atoms with Crippen molar-refractivity contribution in [1.82, 2.24) is 10.3 Å². The Morgan fingerprint density at radius 1 is 0.933 bits per heavy atom. The quantitative estimate of drug-likeness (QED) is 0.539. The zero-order chi connectivity index (χ0) is 21.7. The summed E-state index contributed by atoms with van der Waals surface area (Å²) in [6, 6.07) is 9.45. The molecule has 0 fully saturated rings. The molecule has 1 heterocycles. The Kier molecular flexibility index (Phi) is 6.43. The van der Waals surface area contributed by atoms with Crippen molar-refractivity contribution < 1.29 is 23.1 Å². The van der Waals surface area contributed by atoms with Gasteiger partial charge < -0.3 is 20.7 Å². The number of hydrogen-bond donors (Lipinski definition) is 3. The van der Waals surface area contributed by atoms with Crippen molar-refractivity contribution in [3.63, 3.8) is 0 Å². The van der Waals surface area contributed by atoms with Crippen LogP contribution in [0.25, 0.3) is 0 Å². The predicted octanol–water partition coefficient (Wildman–Crippen LogP) is 4.81. The molecule has 3 N–H and O–H groups in total. The van der Waals surface area contributed by atoms with Gasteiger partial charge in [0.1, 0.15) is 28.8 Å². The number of nitrogens with zero attached hydrogens (tertiary/aromatic N) is 1. The maximum atomic E-state index is 14.4. The first kappa shape index (κ1) is 21.0. The first-order valence-corrected chi connectivity index (χ1v) is 8.92. The van der Waals surface area contributed by atoms with Gasteiger partial charge in [-0.25, -0.2) is 13.6 Å². The van der Waals surface area contributed by atoms with Crippen LogP contribution in [0.2, 0.25) is 5.02 Å². The van der Waals surface area contributed by atoms with E-state index in [1.165, 1.54) is 49.6 Å². The normalized spacial score (nSPS) is 10.3. The van der Waals surface area contributed by atoms with E-state index in [1.807, 2.05) is 0 Å². The molecule has 3 rings (SSSR count). The SMILES string of the molecule is CNC(=O)c1cc(Oc2ccc(NC(=O)Nc3cc(Cl)ccc3F)c(F)c2)ccn1. The van der Waals surface area contributed by atoms with Crippen molar-refractivity contribution in [3.8, 4) is 11.5 Å². The van der Waals surface area contributed by atoms with Crippen molar-refractivity contribution in [3.05, 3.63) is 77.1 Å². The molecule has 0 spiro atoms. The summed E-state index contributed by atoms with van der Waals surface area (Å²) in [5, 5.41) is 7.19. The Bertz CT molecular complexity index is 1110. The number of carbonyl (C=O) groups excluding carboxylic acids is 2. The van der Waals surface area contributed by atoms with E-state index < -0.39 is 23.6 Å². The van der Waals surface area contributed by atoms with E-state index >= 15 is 0 Å². The topological polar surface area (TPSA) is 92.4 Å². The van der Waals surface area contributed by atoms with E-state index in [-0.39, 0.29) is 33.6 Å². The molecular weight excluding hydrogens is 418 g/mol.